The minimum Gasteiger partial charge on any atom is -0.489 e. The lowest BCUT2D eigenvalue weighted by Crippen LogP contribution is -2.00. The number of rotatable bonds is 6. The Morgan fingerprint density at radius 3 is 2.28 bits per heavy atom. The van der Waals surface area contributed by atoms with Gasteiger partial charge in [0.15, 0.2) is 0 Å². The Hall–Kier alpha value is -3.11. The number of benzene rings is 3. The van der Waals surface area contributed by atoms with Crippen LogP contribution in [0.25, 0.3) is 11.1 Å². The van der Waals surface area contributed by atoms with E-state index in [1.165, 1.54) is 0 Å². The molecule has 0 spiro atoms. The third kappa shape index (κ3) is 4.25. The molecule has 0 aliphatic heterocycles. The molecule has 0 aromatic heterocycles. The Balaban J connectivity index is 1.68. The number of aliphatic hydroxyl groups excluding tert-OH is 1. The number of hydrogen-bond acceptors (Lipinski definition) is 3. The molecule has 3 aromatic rings. The van der Waals surface area contributed by atoms with E-state index in [1.807, 2.05) is 54.6 Å². The summed E-state index contributed by atoms with van der Waals surface area (Å²) in [5.41, 5.74) is 4.00. The molecule has 0 saturated heterocycles. The summed E-state index contributed by atoms with van der Waals surface area (Å²) in [6.07, 6.45) is 0. The van der Waals surface area contributed by atoms with Gasteiger partial charge in [0.25, 0.3) is 0 Å². The SMILES string of the molecule is O=C(O)c1cccc(COc2ccc(-c3cccc(CO)c3)cc2)c1. The summed E-state index contributed by atoms with van der Waals surface area (Å²) < 4.78 is 5.73. The van der Waals surface area contributed by atoms with E-state index in [1.54, 1.807) is 18.2 Å². The fraction of sp³-hybridized carbons (Fsp3) is 0.0952. The molecule has 126 valence electrons. The second-order valence-electron chi connectivity index (χ2n) is 5.68. The molecule has 0 radical (unpaired) electrons. The summed E-state index contributed by atoms with van der Waals surface area (Å²) in [4.78, 5) is 11.0. The van der Waals surface area contributed by atoms with Gasteiger partial charge in [-0.1, -0.05) is 42.5 Å². The molecule has 0 atom stereocenters. The molecule has 0 saturated carbocycles. The van der Waals surface area contributed by atoms with Gasteiger partial charge < -0.3 is 14.9 Å². The van der Waals surface area contributed by atoms with E-state index in [9.17, 15) is 9.90 Å². The average molecular weight is 334 g/mol. The first kappa shape index (κ1) is 16.7. The van der Waals surface area contributed by atoms with E-state index in [4.69, 9.17) is 9.84 Å². The summed E-state index contributed by atoms with van der Waals surface area (Å²) in [5, 5.41) is 18.2. The van der Waals surface area contributed by atoms with Gasteiger partial charge in [0.05, 0.1) is 12.2 Å². The highest BCUT2D eigenvalue weighted by molar-refractivity contribution is 5.87. The summed E-state index contributed by atoms with van der Waals surface area (Å²) in [7, 11) is 0. The first-order valence-electron chi connectivity index (χ1n) is 7.91. The van der Waals surface area contributed by atoms with Crippen molar-refractivity contribution in [3.63, 3.8) is 0 Å². The quantitative estimate of drug-likeness (QED) is 0.711. The van der Waals surface area contributed by atoms with Crippen molar-refractivity contribution in [2.75, 3.05) is 0 Å². The molecule has 0 aliphatic rings. The van der Waals surface area contributed by atoms with Gasteiger partial charge in [0.2, 0.25) is 0 Å². The monoisotopic (exact) mass is 334 g/mol. The average Bonchev–Trinajstić information content (AvgIpc) is 2.67. The van der Waals surface area contributed by atoms with Gasteiger partial charge in [-0.3, -0.25) is 0 Å². The van der Waals surface area contributed by atoms with Gasteiger partial charge in [-0.15, -0.1) is 0 Å². The zero-order valence-electron chi connectivity index (χ0n) is 13.6. The second kappa shape index (κ2) is 7.64. The number of carboxylic acid groups (broad SMARTS) is 1. The Kier molecular flexibility index (Phi) is 5.11. The fourth-order valence-electron chi connectivity index (χ4n) is 2.55. The molecule has 3 rings (SSSR count). The van der Waals surface area contributed by atoms with Crippen LogP contribution < -0.4 is 4.74 Å². The normalized spacial score (nSPS) is 10.4. The van der Waals surface area contributed by atoms with Crippen molar-refractivity contribution in [2.45, 2.75) is 13.2 Å². The lowest BCUT2D eigenvalue weighted by Gasteiger charge is -2.09. The van der Waals surface area contributed by atoms with Crippen LogP contribution in [-0.2, 0) is 13.2 Å². The predicted molar refractivity (Wildman–Crippen MR) is 95.5 cm³/mol. The maximum Gasteiger partial charge on any atom is 0.335 e. The molecule has 0 aliphatic carbocycles. The van der Waals surface area contributed by atoms with Gasteiger partial charge in [0.1, 0.15) is 12.4 Å². The minimum absolute atomic E-state index is 0.0183. The Labute approximate surface area is 146 Å². The number of carbonyl (C=O) groups is 1. The van der Waals surface area contributed by atoms with Crippen molar-refractivity contribution in [1.29, 1.82) is 0 Å². The molecule has 0 amide bonds. The van der Waals surface area contributed by atoms with Crippen LogP contribution >= 0.6 is 0 Å². The standard InChI is InChI=1S/C21H18O4/c22-13-15-3-1-5-18(11-15)17-7-9-20(10-8-17)25-14-16-4-2-6-19(12-16)21(23)24/h1-12,22H,13-14H2,(H,23,24). The fourth-order valence-corrected chi connectivity index (χ4v) is 2.55. The summed E-state index contributed by atoms with van der Waals surface area (Å²) in [6.45, 7) is 0.324. The topological polar surface area (TPSA) is 66.8 Å². The Morgan fingerprint density at radius 2 is 1.56 bits per heavy atom. The van der Waals surface area contributed by atoms with Crippen LogP contribution in [0.1, 0.15) is 21.5 Å². The molecule has 0 bridgehead atoms. The largest absolute Gasteiger partial charge is 0.489 e. The molecule has 0 fully saturated rings. The highest BCUT2D eigenvalue weighted by Gasteiger charge is 2.04. The molecular weight excluding hydrogens is 316 g/mol. The zero-order valence-corrected chi connectivity index (χ0v) is 13.6. The molecule has 25 heavy (non-hydrogen) atoms. The summed E-state index contributed by atoms with van der Waals surface area (Å²) in [5.74, 6) is -0.237. The molecule has 2 N–H and O–H groups in total. The van der Waals surface area contributed by atoms with Crippen molar-refractivity contribution in [2.24, 2.45) is 0 Å². The minimum atomic E-state index is -0.948. The summed E-state index contributed by atoms with van der Waals surface area (Å²) >= 11 is 0. The van der Waals surface area contributed by atoms with Gasteiger partial charge in [-0.25, -0.2) is 4.79 Å². The Morgan fingerprint density at radius 1 is 0.840 bits per heavy atom. The number of hydrogen-bond donors (Lipinski definition) is 2. The van der Waals surface area contributed by atoms with E-state index in [2.05, 4.69) is 0 Å². The lowest BCUT2D eigenvalue weighted by molar-refractivity contribution is 0.0696. The van der Waals surface area contributed by atoms with E-state index in [0.29, 0.717) is 12.4 Å². The van der Waals surface area contributed by atoms with Crippen LogP contribution in [0.5, 0.6) is 5.75 Å². The molecule has 4 nitrogen and oxygen atoms in total. The van der Waals surface area contributed by atoms with Crippen molar-refractivity contribution >= 4 is 5.97 Å². The number of aliphatic hydroxyl groups is 1. The third-order valence-electron chi connectivity index (χ3n) is 3.88. The van der Waals surface area contributed by atoms with Crippen molar-refractivity contribution in [1.82, 2.24) is 0 Å². The third-order valence-corrected chi connectivity index (χ3v) is 3.88. The maximum absolute atomic E-state index is 11.0. The smallest absolute Gasteiger partial charge is 0.335 e. The van der Waals surface area contributed by atoms with Crippen LogP contribution in [0.2, 0.25) is 0 Å². The molecular formula is C21H18O4. The molecule has 0 unspecified atom stereocenters. The summed E-state index contributed by atoms with van der Waals surface area (Å²) in [6, 6.07) is 22.1. The first-order valence-corrected chi connectivity index (χ1v) is 7.91. The van der Waals surface area contributed by atoms with Crippen LogP contribution in [-0.4, -0.2) is 16.2 Å². The van der Waals surface area contributed by atoms with Gasteiger partial charge in [-0.05, 0) is 52.6 Å². The van der Waals surface area contributed by atoms with Gasteiger partial charge >= 0.3 is 5.97 Å². The van der Waals surface area contributed by atoms with Crippen molar-refractivity contribution in [3.8, 4) is 16.9 Å². The van der Waals surface area contributed by atoms with Gasteiger partial charge in [0, 0.05) is 0 Å². The van der Waals surface area contributed by atoms with Crippen molar-refractivity contribution < 1.29 is 19.7 Å². The van der Waals surface area contributed by atoms with Crippen LogP contribution in [0.3, 0.4) is 0 Å². The highest BCUT2D eigenvalue weighted by Crippen LogP contribution is 2.24. The molecule has 4 heteroatoms. The molecule has 3 aromatic carbocycles. The number of aromatic carboxylic acids is 1. The van der Waals surface area contributed by atoms with Crippen LogP contribution in [0, 0.1) is 0 Å². The number of carboxylic acids is 1. The van der Waals surface area contributed by atoms with Crippen molar-refractivity contribution in [3.05, 3.63) is 89.5 Å². The second-order valence-corrected chi connectivity index (χ2v) is 5.68. The number of ether oxygens (including phenoxy) is 1. The van der Waals surface area contributed by atoms with E-state index < -0.39 is 5.97 Å². The lowest BCUT2D eigenvalue weighted by atomic mass is 10.0. The zero-order chi connectivity index (χ0) is 17.6. The highest BCUT2D eigenvalue weighted by atomic mass is 16.5. The Bertz CT molecular complexity index is 869. The van der Waals surface area contributed by atoms with Crippen LogP contribution in [0.4, 0.5) is 0 Å². The predicted octanol–water partition coefficient (Wildman–Crippen LogP) is 4.12. The molecule has 0 heterocycles. The first-order chi connectivity index (χ1) is 12.2. The van der Waals surface area contributed by atoms with E-state index in [-0.39, 0.29) is 12.2 Å². The van der Waals surface area contributed by atoms with E-state index >= 15 is 0 Å². The van der Waals surface area contributed by atoms with Gasteiger partial charge in [-0.2, -0.15) is 0 Å². The maximum atomic E-state index is 11.0. The van der Waals surface area contributed by atoms with E-state index in [0.717, 1.165) is 22.3 Å². The van der Waals surface area contributed by atoms with Crippen LogP contribution in [0.15, 0.2) is 72.8 Å².